The molecule has 1 aliphatic rings. The number of aromatic nitrogens is 1. The van der Waals surface area contributed by atoms with E-state index in [9.17, 15) is 9.18 Å². The van der Waals surface area contributed by atoms with Gasteiger partial charge in [0.15, 0.2) is 0 Å². The molecule has 2 heterocycles. The van der Waals surface area contributed by atoms with Crippen LogP contribution in [0.25, 0.3) is 5.69 Å². The molecule has 4 rings (SSSR count). The number of rotatable bonds is 4. The average molecular weight is 377 g/mol. The van der Waals surface area contributed by atoms with Gasteiger partial charge in [-0.25, -0.2) is 4.39 Å². The number of carbonyl (C=O) groups excluding carboxylic acids is 1. The van der Waals surface area contributed by atoms with Gasteiger partial charge in [0.1, 0.15) is 5.82 Å². The Balaban J connectivity index is 1.42. The van der Waals surface area contributed by atoms with E-state index in [1.165, 1.54) is 6.07 Å². The summed E-state index contributed by atoms with van der Waals surface area (Å²) in [7, 11) is 0. The molecule has 0 radical (unpaired) electrons. The first-order valence-electron chi connectivity index (χ1n) is 9.69. The number of hydrogen-bond acceptors (Lipinski definition) is 2. The maximum Gasteiger partial charge on any atom is 0.253 e. The Hall–Kier alpha value is -2.92. The molecule has 4 nitrogen and oxygen atoms in total. The summed E-state index contributed by atoms with van der Waals surface area (Å²) in [5, 5.41) is 0. The zero-order valence-electron chi connectivity index (χ0n) is 15.8. The molecule has 2 aromatic carbocycles. The molecule has 1 fully saturated rings. The van der Waals surface area contributed by atoms with Crippen molar-refractivity contribution >= 4 is 5.91 Å². The zero-order valence-corrected chi connectivity index (χ0v) is 15.8. The Kier molecular flexibility index (Phi) is 5.53. The third-order valence-corrected chi connectivity index (χ3v) is 5.22. The van der Waals surface area contributed by atoms with Crippen LogP contribution in [0, 0.1) is 5.82 Å². The van der Waals surface area contributed by atoms with Gasteiger partial charge in [0.25, 0.3) is 5.91 Å². The molecule has 0 aliphatic carbocycles. The summed E-state index contributed by atoms with van der Waals surface area (Å²) in [4.78, 5) is 17.2. The van der Waals surface area contributed by atoms with Gasteiger partial charge in [-0.3, -0.25) is 9.69 Å². The SMILES string of the molecule is O=C(c1cccc(-n2cccc2)c1)N1CCCN(Cc2ccccc2F)CC1. The Morgan fingerprint density at radius 1 is 0.893 bits per heavy atom. The Bertz CT molecular complexity index is 939. The summed E-state index contributed by atoms with van der Waals surface area (Å²) in [5.74, 6) is -0.108. The minimum atomic E-state index is -0.165. The van der Waals surface area contributed by atoms with Gasteiger partial charge in [-0.05, 0) is 42.8 Å². The fourth-order valence-electron chi connectivity index (χ4n) is 3.69. The van der Waals surface area contributed by atoms with Gasteiger partial charge in [-0.15, -0.1) is 0 Å². The maximum atomic E-state index is 13.9. The number of hydrogen-bond donors (Lipinski definition) is 0. The van der Waals surface area contributed by atoms with Crippen molar-refractivity contribution in [3.05, 3.63) is 90.0 Å². The summed E-state index contributed by atoms with van der Waals surface area (Å²) in [6, 6.07) is 18.6. The molecule has 1 amide bonds. The van der Waals surface area contributed by atoms with E-state index in [0.717, 1.165) is 31.7 Å². The van der Waals surface area contributed by atoms with Crippen molar-refractivity contribution in [1.29, 1.82) is 0 Å². The van der Waals surface area contributed by atoms with Gasteiger partial charge >= 0.3 is 0 Å². The quantitative estimate of drug-likeness (QED) is 0.688. The molecule has 0 saturated carbocycles. The lowest BCUT2D eigenvalue weighted by molar-refractivity contribution is 0.0761. The predicted molar refractivity (Wildman–Crippen MR) is 108 cm³/mol. The van der Waals surface area contributed by atoms with E-state index in [1.54, 1.807) is 6.07 Å². The molecular formula is C23H24FN3O. The predicted octanol–water partition coefficient (Wildman–Crippen LogP) is 3.96. The van der Waals surface area contributed by atoms with Crippen molar-refractivity contribution in [2.45, 2.75) is 13.0 Å². The number of benzene rings is 2. The molecule has 1 saturated heterocycles. The van der Waals surface area contributed by atoms with Crippen LogP contribution in [0.4, 0.5) is 4.39 Å². The van der Waals surface area contributed by atoms with Crippen LogP contribution >= 0.6 is 0 Å². The second-order valence-corrected chi connectivity index (χ2v) is 7.15. The van der Waals surface area contributed by atoms with E-state index in [1.807, 2.05) is 70.4 Å². The van der Waals surface area contributed by atoms with E-state index in [-0.39, 0.29) is 11.7 Å². The number of carbonyl (C=O) groups is 1. The monoisotopic (exact) mass is 377 g/mol. The molecule has 28 heavy (non-hydrogen) atoms. The van der Waals surface area contributed by atoms with Crippen LogP contribution in [-0.2, 0) is 6.54 Å². The smallest absolute Gasteiger partial charge is 0.253 e. The molecule has 144 valence electrons. The normalized spacial score (nSPS) is 15.4. The molecular weight excluding hydrogens is 353 g/mol. The Morgan fingerprint density at radius 3 is 2.54 bits per heavy atom. The van der Waals surface area contributed by atoms with Crippen LogP contribution in [0.5, 0.6) is 0 Å². The highest BCUT2D eigenvalue weighted by atomic mass is 19.1. The van der Waals surface area contributed by atoms with Crippen LogP contribution in [0.15, 0.2) is 73.1 Å². The highest BCUT2D eigenvalue weighted by Crippen LogP contribution is 2.16. The van der Waals surface area contributed by atoms with Crippen LogP contribution in [0.3, 0.4) is 0 Å². The first kappa shape index (κ1) is 18.4. The molecule has 0 atom stereocenters. The van der Waals surface area contributed by atoms with Crippen molar-refractivity contribution in [3.63, 3.8) is 0 Å². The largest absolute Gasteiger partial charge is 0.337 e. The third kappa shape index (κ3) is 4.15. The van der Waals surface area contributed by atoms with E-state index < -0.39 is 0 Å². The highest BCUT2D eigenvalue weighted by Gasteiger charge is 2.21. The molecule has 0 unspecified atom stereocenters. The molecule has 0 N–H and O–H groups in total. The standard InChI is InChI=1S/C23H24FN3O/c24-22-10-2-1-7-20(22)18-25-11-6-14-27(16-15-25)23(28)19-8-5-9-21(17-19)26-12-3-4-13-26/h1-5,7-10,12-13,17H,6,11,14-16,18H2. The van der Waals surface area contributed by atoms with E-state index in [2.05, 4.69) is 4.90 Å². The summed E-state index contributed by atoms with van der Waals surface area (Å²) in [6.07, 6.45) is 4.82. The lowest BCUT2D eigenvalue weighted by atomic mass is 10.1. The second kappa shape index (κ2) is 8.40. The molecule has 0 spiro atoms. The van der Waals surface area contributed by atoms with Crippen molar-refractivity contribution in [2.24, 2.45) is 0 Å². The second-order valence-electron chi connectivity index (χ2n) is 7.15. The minimum Gasteiger partial charge on any atom is -0.337 e. The minimum absolute atomic E-state index is 0.0572. The fraction of sp³-hybridized carbons (Fsp3) is 0.261. The van der Waals surface area contributed by atoms with Gasteiger partial charge in [0.05, 0.1) is 0 Å². The van der Waals surface area contributed by atoms with Gasteiger partial charge in [0, 0.05) is 61.9 Å². The van der Waals surface area contributed by atoms with E-state index >= 15 is 0 Å². The van der Waals surface area contributed by atoms with Gasteiger partial charge < -0.3 is 9.47 Å². The number of halogens is 1. The van der Waals surface area contributed by atoms with Crippen LogP contribution in [0.1, 0.15) is 22.3 Å². The van der Waals surface area contributed by atoms with Crippen LogP contribution in [0.2, 0.25) is 0 Å². The Morgan fingerprint density at radius 2 is 1.71 bits per heavy atom. The third-order valence-electron chi connectivity index (χ3n) is 5.22. The van der Waals surface area contributed by atoms with Gasteiger partial charge in [-0.1, -0.05) is 24.3 Å². The van der Waals surface area contributed by atoms with Gasteiger partial charge in [-0.2, -0.15) is 0 Å². The molecule has 0 bridgehead atoms. The van der Waals surface area contributed by atoms with Crippen molar-refractivity contribution < 1.29 is 9.18 Å². The van der Waals surface area contributed by atoms with Crippen molar-refractivity contribution in [2.75, 3.05) is 26.2 Å². The number of nitrogens with zero attached hydrogens (tertiary/aromatic N) is 3. The van der Waals surface area contributed by atoms with Crippen LogP contribution < -0.4 is 0 Å². The summed E-state index contributed by atoms with van der Waals surface area (Å²) >= 11 is 0. The highest BCUT2D eigenvalue weighted by molar-refractivity contribution is 5.94. The lowest BCUT2D eigenvalue weighted by Gasteiger charge is -2.22. The summed E-state index contributed by atoms with van der Waals surface area (Å²) in [6.45, 7) is 3.57. The lowest BCUT2D eigenvalue weighted by Crippen LogP contribution is -2.35. The number of amides is 1. The van der Waals surface area contributed by atoms with E-state index in [0.29, 0.717) is 24.2 Å². The first-order valence-corrected chi connectivity index (χ1v) is 9.69. The molecule has 1 aromatic heterocycles. The average Bonchev–Trinajstić information content (AvgIpc) is 3.16. The Labute approximate surface area is 164 Å². The molecule has 1 aliphatic heterocycles. The van der Waals surface area contributed by atoms with Crippen LogP contribution in [-0.4, -0.2) is 46.5 Å². The van der Waals surface area contributed by atoms with Crippen molar-refractivity contribution in [3.8, 4) is 5.69 Å². The summed E-state index contributed by atoms with van der Waals surface area (Å²) in [5.41, 5.74) is 2.39. The van der Waals surface area contributed by atoms with Gasteiger partial charge in [0.2, 0.25) is 0 Å². The fourth-order valence-corrected chi connectivity index (χ4v) is 3.69. The summed E-state index contributed by atoms with van der Waals surface area (Å²) < 4.78 is 15.9. The molecule has 5 heteroatoms. The molecule has 3 aromatic rings. The zero-order chi connectivity index (χ0) is 19.3. The topological polar surface area (TPSA) is 28.5 Å². The first-order chi connectivity index (χ1) is 13.7. The van der Waals surface area contributed by atoms with E-state index in [4.69, 9.17) is 0 Å². The van der Waals surface area contributed by atoms with Crippen molar-refractivity contribution in [1.82, 2.24) is 14.4 Å². The maximum absolute atomic E-state index is 13.9.